The van der Waals surface area contributed by atoms with Gasteiger partial charge >= 0.3 is 0 Å². The van der Waals surface area contributed by atoms with Gasteiger partial charge in [-0.15, -0.1) is 0 Å². The van der Waals surface area contributed by atoms with E-state index < -0.39 is 0 Å². The quantitative estimate of drug-likeness (QED) is 0.713. The van der Waals surface area contributed by atoms with Crippen LogP contribution in [-0.2, 0) is 5.41 Å². The Morgan fingerprint density at radius 1 is 0.947 bits per heavy atom. The van der Waals surface area contributed by atoms with Crippen molar-refractivity contribution in [2.24, 2.45) is 5.41 Å². The van der Waals surface area contributed by atoms with Crippen LogP contribution in [0.4, 0.5) is 5.69 Å². The van der Waals surface area contributed by atoms with Crippen molar-refractivity contribution < 1.29 is 0 Å². The molecule has 1 aliphatic rings. The van der Waals surface area contributed by atoms with Crippen LogP contribution in [0.15, 0.2) is 47.6 Å². The number of hydrogen-bond acceptors (Lipinski definition) is 1. The number of anilines is 1. The first kappa shape index (κ1) is 13.9. The van der Waals surface area contributed by atoms with Gasteiger partial charge in [-0.2, -0.15) is 0 Å². The molecule has 19 heavy (non-hydrogen) atoms. The van der Waals surface area contributed by atoms with Crippen molar-refractivity contribution in [3.05, 3.63) is 53.1 Å². The molecule has 1 aromatic rings. The Hall–Kier alpha value is -1.50. The molecule has 1 aromatic carbocycles. The van der Waals surface area contributed by atoms with Crippen LogP contribution in [0.2, 0.25) is 0 Å². The maximum Gasteiger partial charge on any atom is 0.0314 e. The normalized spacial score (nSPS) is 30.2. The molecule has 1 nitrogen and oxygen atoms in total. The van der Waals surface area contributed by atoms with Gasteiger partial charge in [-0.05, 0) is 54.5 Å². The Morgan fingerprint density at radius 2 is 1.47 bits per heavy atom. The molecule has 0 amide bonds. The third-order valence-electron chi connectivity index (χ3n) is 4.53. The lowest BCUT2D eigenvalue weighted by Crippen LogP contribution is -2.21. The van der Waals surface area contributed by atoms with Gasteiger partial charge in [0.25, 0.3) is 0 Å². The average molecular weight is 255 g/mol. The van der Waals surface area contributed by atoms with Crippen molar-refractivity contribution in [3.63, 3.8) is 0 Å². The van der Waals surface area contributed by atoms with Crippen LogP contribution in [0, 0.1) is 5.41 Å². The van der Waals surface area contributed by atoms with Crippen molar-refractivity contribution >= 4 is 5.69 Å². The van der Waals surface area contributed by atoms with Crippen LogP contribution in [0.1, 0.15) is 46.6 Å². The second kappa shape index (κ2) is 4.56. The SMILES string of the molecule is CC=C1/C(=C\C)C(C)(c2ccc(N)cc2)CC1(C)C. The molecule has 1 aliphatic carbocycles. The summed E-state index contributed by atoms with van der Waals surface area (Å²) in [4.78, 5) is 0. The minimum atomic E-state index is 0.0911. The number of rotatable bonds is 1. The summed E-state index contributed by atoms with van der Waals surface area (Å²) in [5.74, 6) is 0. The second-order valence-electron chi connectivity index (χ2n) is 6.42. The van der Waals surface area contributed by atoms with Gasteiger partial charge < -0.3 is 5.73 Å². The van der Waals surface area contributed by atoms with E-state index in [1.807, 2.05) is 12.1 Å². The number of nitrogen functional groups attached to an aromatic ring is 1. The molecule has 0 radical (unpaired) electrons. The van der Waals surface area contributed by atoms with E-state index in [1.165, 1.54) is 16.7 Å². The Morgan fingerprint density at radius 3 is 1.95 bits per heavy atom. The Kier molecular flexibility index (Phi) is 3.34. The van der Waals surface area contributed by atoms with Gasteiger partial charge in [-0.25, -0.2) is 0 Å². The van der Waals surface area contributed by atoms with Gasteiger partial charge in [-0.3, -0.25) is 0 Å². The fourth-order valence-corrected chi connectivity index (χ4v) is 3.86. The predicted molar refractivity (Wildman–Crippen MR) is 84.1 cm³/mol. The topological polar surface area (TPSA) is 26.0 Å². The van der Waals surface area contributed by atoms with Gasteiger partial charge in [-0.1, -0.05) is 45.1 Å². The highest BCUT2D eigenvalue weighted by atomic mass is 14.5. The van der Waals surface area contributed by atoms with Crippen molar-refractivity contribution in [1.82, 2.24) is 0 Å². The van der Waals surface area contributed by atoms with Crippen molar-refractivity contribution in [3.8, 4) is 0 Å². The molecule has 0 spiro atoms. The first-order chi connectivity index (χ1) is 8.85. The number of hydrogen-bond donors (Lipinski definition) is 1. The molecule has 0 bridgehead atoms. The Bertz CT molecular complexity index is 531. The van der Waals surface area contributed by atoms with Gasteiger partial charge in [0, 0.05) is 11.1 Å². The molecular formula is C18H25N. The average Bonchev–Trinajstić information content (AvgIpc) is 2.55. The zero-order valence-corrected chi connectivity index (χ0v) is 12.7. The molecule has 1 fully saturated rings. The lowest BCUT2D eigenvalue weighted by atomic mass is 9.76. The number of benzene rings is 1. The summed E-state index contributed by atoms with van der Waals surface area (Å²) in [6, 6.07) is 8.37. The number of nitrogens with two attached hydrogens (primary N) is 1. The summed E-state index contributed by atoms with van der Waals surface area (Å²) >= 11 is 0. The molecule has 102 valence electrons. The summed E-state index contributed by atoms with van der Waals surface area (Å²) in [5.41, 5.74) is 11.3. The van der Waals surface area contributed by atoms with E-state index in [1.54, 1.807) is 0 Å². The summed E-state index contributed by atoms with van der Waals surface area (Å²) in [6.45, 7) is 11.3. The molecule has 2 rings (SSSR count). The van der Waals surface area contributed by atoms with Crippen molar-refractivity contribution in [2.75, 3.05) is 5.73 Å². The zero-order valence-electron chi connectivity index (χ0n) is 12.7. The predicted octanol–water partition coefficient (Wildman–Crippen LogP) is 4.85. The minimum Gasteiger partial charge on any atom is -0.399 e. The summed E-state index contributed by atoms with van der Waals surface area (Å²) < 4.78 is 0. The van der Waals surface area contributed by atoms with Gasteiger partial charge in [0.2, 0.25) is 0 Å². The van der Waals surface area contributed by atoms with Crippen LogP contribution in [0.3, 0.4) is 0 Å². The second-order valence-corrected chi connectivity index (χ2v) is 6.42. The van der Waals surface area contributed by atoms with Crippen LogP contribution in [0.5, 0.6) is 0 Å². The van der Waals surface area contributed by atoms with E-state index in [0.29, 0.717) is 0 Å². The summed E-state index contributed by atoms with van der Waals surface area (Å²) in [5, 5.41) is 0. The minimum absolute atomic E-state index is 0.0911. The molecule has 0 aliphatic heterocycles. The van der Waals surface area contributed by atoms with Crippen LogP contribution in [0.25, 0.3) is 0 Å². The highest BCUT2D eigenvalue weighted by Gasteiger charge is 2.47. The molecule has 1 heteroatoms. The smallest absolute Gasteiger partial charge is 0.0314 e. The van der Waals surface area contributed by atoms with Gasteiger partial charge in [0.1, 0.15) is 0 Å². The molecule has 1 unspecified atom stereocenters. The molecule has 1 saturated carbocycles. The molecule has 2 N–H and O–H groups in total. The van der Waals surface area contributed by atoms with Gasteiger partial charge in [0.05, 0.1) is 0 Å². The van der Waals surface area contributed by atoms with E-state index in [-0.39, 0.29) is 10.8 Å². The maximum absolute atomic E-state index is 5.82. The van der Waals surface area contributed by atoms with Crippen molar-refractivity contribution in [1.29, 1.82) is 0 Å². The van der Waals surface area contributed by atoms with Crippen molar-refractivity contribution in [2.45, 2.75) is 46.5 Å². The summed E-state index contributed by atoms with van der Waals surface area (Å²) in [7, 11) is 0. The largest absolute Gasteiger partial charge is 0.399 e. The lowest BCUT2D eigenvalue weighted by molar-refractivity contribution is 0.388. The van der Waals surface area contributed by atoms with Crippen LogP contribution >= 0.6 is 0 Å². The monoisotopic (exact) mass is 255 g/mol. The van der Waals surface area contributed by atoms with E-state index in [9.17, 15) is 0 Å². The molecule has 1 atom stereocenters. The highest BCUT2D eigenvalue weighted by Crippen LogP contribution is 2.57. The number of allylic oxidation sites excluding steroid dienone is 4. The molecule has 0 heterocycles. The molecular weight excluding hydrogens is 230 g/mol. The van der Waals surface area contributed by atoms with Gasteiger partial charge in [0.15, 0.2) is 0 Å². The lowest BCUT2D eigenvalue weighted by Gasteiger charge is -2.28. The summed E-state index contributed by atoms with van der Waals surface area (Å²) in [6.07, 6.45) is 5.70. The van der Waals surface area contributed by atoms with Crippen LogP contribution < -0.4 is 5.73 Å². The standard InChI is InChI=1S/C18H25N/c1-6-15-16(7-2)18(5,12-17(15,3)4)13-8-10-14(19)11-9-13/h6-11H,12,19H2,1-5H3/b15-6?,16-7+. The first-order valence-electron chi connectivity index (χ1n) is 7.05. The van der Waals surface area contributed by atoms with E-state index in [2.05, 4.69) is 58.9 Å². The first-order valence-corrected chi connectivity index (χ1v) is 7.05. The molecule has 0 aromatic heterocycles. The van der Waals surface area contributed by atoms with E-state index in [4.69, 9.17) is 5.73 Å². The maximum atomic E-state index is 5.82. The van der Waals surface area contributed by atoms with Crippen LogP contribution in [-0.4, -0.2) is 0 Å². The van der Waals surface area contributed by atoms with E-state index in [0.717, 1.165) is 12.1 Å². The third kappa shape index (κ3) is 2.11. The van der Waals surface area contributed by atoms with E-state index >= 15 is 0 Å². The Balaban J connectivity index is 2.58. The fraction of sp³-hybridized carbons (Fsp3) is 0.444. The highest BCUT2D eigenvalue weighted by molar-refractivity contribution is 5.55. The fourth-order valence-electron chi connectivity index (χ4n) is 3.86. The Labute approximate surface area is 117 Å². The zero-order chi connectivity index (χ0) is 14.3. The molecule has 0 saturated heterocycles. The third-order valence-corrected chi connectivity index (χ3v) is 4.53.